The van der Waals surface area contributed by atoms with Gasteiger partial charge in [-0.3, -0.25) is 0 Å². The fraction of sp³-hybridized carbons (Fsp3) is 0.688. The third-order valence-electron chi connectivity index (χ3n) is 5.47. The molecule has 118 valence electrons. The van der Waals surface area contributed by atoms with Crippen molar-refractivity contribution < 1.29 is 9.90 Å². The smallest absolute Gasteiger partial charge is 0.315 e. The highest BCUT2D eigenvalue weighted by molar-refractivity contribution is 5.74. The van der Waals surface area contributed by atoms with Crippen molar-refractivity contribution in [1.82, 2.24) is 20.8 Å². The molecule has 5 rings (SSSR count). The lowest BCUT2D eigenvalue weighted by atomic mass is 9.51. The fourth-order valence-corrected chi connectivity index (χ4v) is 5.24. The molecule has 6 nitrogen and oxygen atoms in total. The molecule has 1 aromatic heterocycles. The first-order valence-electron chi connectivity index (χ1n) is 8.09. The number of carbonyl (C=O) groups is 1. The fourth-order valence-electron chi connectivity index (χ4n) is 5.24. The standard InChI is InChI=1S/C16H22N4O2/c21-14(17-9-13-2-1-3-18-20-13)19-15-5-11-4-12(6-15)8-16(22,7-11)10-15/h1-3,11-12,22H,4-10H2,(H2,17,19,21). The lowest BCUT2D eigenvalue weighted by Gasteiger charge is -2.60. The minimum absolute atomic E-state index is 0.170. The molecule has 2 amide bonds. The lowest BCUT2D eigenvalue weighted by Crippen LogP contribution is -2.66. The van der Waals surface area contributed by atoms with Crippen LogP contribution in [-0.4, -0.2) is 32.5 Å². The summed E-state index contributed by atoms with van der Waals surface area (Å²) in [5.74, 6) is 1.12. The van der Waals surface area contributed by atoms with Crippen molar-refractivity contribution in [3.05, 3.63) is 24.0 Å². The number of nitrogens with zero attached hydrogens (tertiary/aromatic N) is 2. The second-order valence-electron chi connectivity index (χ2n) is 7.49. The Morgan fingerprint density at radius 1 is 1.32 bits per heavy atom. The van der Waals surface area contributed by atoms with Crippen LogP contribution in [-0.2, 0) is 6.54 Å². The summed E-state index contributed by atoms with van der Waals surface area (Å²) >= 11 is 0. The van der Waals surface area contributed by atoms with Gasteiger partial charge in [0.2, 0.25) is 0 Å². The Morgan fingerprint density at radius 3 is 2.73 bits per heavy atom. The van der Waals surface area contributed by atoms with Crippen molar-refractivity contribution in [3.8, 4) is 0 Å². The van der Waals surface area contributed by atoms with E-state index >= 15 is 0 Å². The van der Waals surface area contributed by atoms with Gasteiger partial charge in [0.15, 0.2) is 0 Å². The van der Waals surface area contributed by atoms with Crippen LogP contribution in [0.15, 0.2) is 18.3 Å². The van der Waals surface area contributed by atoms with Crippen molar-refractivity contribution in [2.75, 3.05) is 0 Å². The maximum atomic E-state index is 12.3. The number of hydrogen-bond donors (Lipinski definition) is 3. The largest absolute Gasteiger partial charge is 0.390 e. The topological polar surface area (TPSA) is 87.1 Å². The Labute approximate surface area is 129 Å². The van der Waals surface area contributed by atoms with Gasteiger partial charge in [0.1, 0.15) is 0 Å². The van der Waals surface area contributed by atoms with Crippen LogP contribution < -0.4 is 10.6 Å². The van der Waals surface area contributed by atoms with E-state index in [-0.39, 0.29) is 11.6 Å². The Bertz CT molecular complexity index is 563. The second-order valence-corrected chi connectivity index (χ2v) is 7.49. The molecule has 0 saturated heterocycles. The molecule has 0 aliphatic heterocycles. The van der Waals surface area contributed by atoms with Crippen molar-refractivity contribution in [2.24, 2.45) is 11.8 Å². The van der Waals surface area contributed by atoms with Crippen LogP contribution in [0.5, 0.6) is 0 Å². The van der Waals surface area contributed by atoms with E-state index in [0.717, 1.165) is 31.4 Å². The van der Waals surface area contributed by atoms with Gasteiger partial charge in [-0.2, -0.15) is 10.2 Å². The van der Waals surface area contributed by atoms with Gasteiger partial charge in [-0.25, -0.2) is 4.79 Å². The molecule has 3 N–H and O–H groups in total. The summed E-state index contributed by atoms with van der Waals surface area (Å²) in [6.45, 7) is 0.368. The number of hydrogen-bond acceptors (Lipinski definition) is 4. The summed E-state index contributed by atoms with van der Waals surface area (Å²) in [5, 5.41) is 24.5. The number of aliphatic hydroxyl groups is 1. The van der Waals surface area contributed by atoms with Crippen LogP contribution >= 0.6 is 0 Å². The lowest BCUT2D eigenvalue weighted by molar-refractivity contribution is -0.139. The molecule has 0 aromatic carbocycles. The summed E-state index contributed by atoms with van der Waals surface area (Å²) in [6.07, 6.45) is 7.36. The quantitative estimate of drug-likeness (QED) is 0.787. The molecule has 4 aliphatic rings. The van der Waals surface area contributed by atoms with Crippen LogP contribution in [0.2, 0.25) is 0 Å². The van der Waals surface area contributed by atoms with E-state index < -0.39 is 5.60 Å². The number of urea groups is 1. The molecule has 4 aliphatic carbocycles. The van der Waals surface area contributed by atoms with Crippen LogP contribution in [0.1, 0.15) is 44.2 Å². The zero-order valence-corrected chi connectivity index (χ0v) is 12.6. The van der Waals surface area contributed by atoms with Crippen LogP contribution in [0.25, 0.3) is 0 Å². The molecule has 2 atom stereocenters. The third kappa shape index (κ3) is 2.56. The summed E-state index contributed by atoms with van der Waals surface area (Å²) in [7, 11) is 0. The highest BCUT2D eigenvalue weighted by Crippen LogP contribution is 2.57. The number of nitrogens with one attached hydrogen (secondary N) is 2. The summed E-state index contributed by atoms with van der Waals surface area (Å²) in [5.41, 5.74) is -0.0325. The monoisotopic (exact) mass is 302 g/mol. The molecular weight excluding hydrogens is 280 g/mol. The van der Waals surface area contributed by atoms with Crippen molar-refractivity contribution in [1.29, 1.82) is 0 Å². The average molecular weight is 302 g/mol. The molecule has 2 unspecified atom stereocenters. The Morgan fingerprint density at radius 2 is 2.09 bits per heavy atom. The summed E-state index contributed by atoms with van der Waals surface area (Å²) in [6, 6.07) is 3.47. The van der Waals surface area contributed by atoms with Crippen LogP contribution in [0.4, 0.5) is 4.79 Å². The second kappa shape index (κ2) is 4.91. The summed E-state index contributed by atoms with van der Waals surface area (Å²) < 4.78 is 0. The van der Waals surface area contributed by atoms with E-state index in [0.29, 0.717) is 24.8 Å². The van der Waals surface area contributed by atoms with Gasteiger partial charge in [0.25, 0.3) is 0 Å². The Hall–Kier alpha value is -1.69. The zero-order chi connectivity index (χ0) is 15.2. The van der Waals surface area contributed by atoms with E-state index in [2.05, 4.69) is 20.8 Å². The van der Waals surface area contributed by atoms with E-state index in [9.17, 15) is 9.90 Å². The van der Waals surface area contributed by atoms with Gasteiger partial charge >= 0.3 is 6.03 Å². The maximum Gasteiger partial charge on any atom is 0.315 e. The SMILES string of the molecule is O=C(NCc1cccnn1)NC12CC3CC(CC(O)(C3)C1)C2. The predicted molar refractivity (Wildman–Crippen MR) is 79.8 cm³/mol. The molecule has 0 radical (unpaired) electrons. The number of carbonyl (C=O) groups excluding carboxylic acids is 1. The first-order chi connectivity index (χ1) is 10.5. The third-order valence-corrected chi connectivity index (χ3v) is 5.47. The van der Waals surface area contributed by atoms with Gasteiger partial charge in [-0.05, 0) is 62.5 Å². The highest BCUT2D eigenvalue weighted by Gasteiger charge is 2.57. The van der Waals surface area contributed by atoms with E-state index in [1.54, 1.807) is 12.3 Å². The molecular formula is C16H22N4O2. The van der Waals surface area contributed by atoms with Gasteiger partial charge in [-0.15, -0.1) is 0 Å². The van der Waals surface area contributed by atoms with E-state index in [1.165, 1.54) is 6.42 Å². The normalized spacial score (nSPS) is 38.8. The Balaban J connectivity index is 1.39. The molecule has 4 fully saturated rings. The first-order valence-corrected chi connectivity index (χ1v) is 8.09. The van der Waals surface area contributed by atoms with Gasteiger partial charge < -0.3 is 15.7 Å². The molecule has 22 heavy (non-hydrogen) atoms. The zero-order valence-electron chi connectivity index (χ0n) is 12.6. The Kier molecular flexibility index (Phi) is 3.11. The van der Waals surface area contributed by atoms with Crippen molar-refractivity contribution >= 4 is 6.03 Å². The summed E-state index contributed by atoms with van der Waals surface area (Å²) in [4.78, 5) is 12.3. The number of rotatable bonds is 3. The minimum Gasteiger partial charge on any atom is -0.390 e. The molecule has 4 saturated carbocycles. The molecule has 6 heteroatoms. The maximum absolute atomic E-state index is 12.3. The van der Waals surface area contributed by atoms with Gasteiger partial charge in [0, 0.05) is 11.7 Å². The number of amides is 2. The number of aromatic nitrogens is 2. The van der Waals surface area contributed by atoms with Gasteiger partial charge in [0.05, 0.1) is 17.8 Å². The molecule has 1 heterocycles. The molecule has 4 bridgehead atoms. The molecule has 0 spiro atoms. The average Bonchev–Trinajstić information content (AvgIpc) is 2.43. The van der Waals surface area contributed by atoms with E-state index in [4.69, 9.17) is 0 Å². The van der Waals surface area contributed by atoms with Gasteiger partial charge in [-0.1, -0.05) is 0 Å². The van der Waals surface area contributed by atoms with Crippen molar-refractivity contribution in [3.63, 3.8) is 0 Å². The van der Waals surface area contributed by atoms with Crippen LogP contribution in [0.3, 0.4) is 0 Å². The van der Waals surface area contributed by atoms with E-state index in [1.807, 2.05) is 6.07 Å². The van der Waals surface area contributed by atoms with Crippen molar-refractivity contribution in [2.45, 2.75) is 56.2 Å². The van der Waals surface area contributed by atoms with Crippen LogP contribution in [0, 0.1) is 11.8 Å². The predicted octanol–water partition coefficient (Wildman–Crippen LogP) is 1.36. The first kappa shape index (κ1) is 13.9. The minimum atomic E-state index is -0.553. The molecule has 1 aromatic rings. The highest BCUT2D eigenvalue weighted by atomic mass is 16.3.